The normalized spacial score (nSPS) is 16.5. The number of hydrogen-bond acceptors (Lipinski definition) is 4. The quantitative estimate of drug-likeness (QED) is 0.160. The van der Waals surface area contributed by atoms with Crippen molar-refractivity contribution in [1.29, 1.82) is 5.26 Å². The molecule has 64 heavy (non-hydrogen) atoms. The smallest absolute Gasteiger partial charge is 0.238 e. The van der Waals surface area contributed by atoms with Crippen molar-refractivity contribution in [2.75, 3.05) is 0 Å². The van der Waals surface area contributed by atoms with Crippen molar-refractivity contribution < 1.29 is 31.5 Å². The van der Waals surface area contributed by atoms with Crippen LogP contribution in [0.3, 0.4) is 0 Å². The Morgan fingerprint density at radius 2 is 1.00 bits per heavy atom. The van der Waals surface area contributed by atoms with Crippen LogP contribution in [-0.4, -0.2) is 24.1 Å². The molecule has 0 bridgehead atoms. The Bertz CT molecular complexity index is 5080. The van der Waals surface area contributed by atoms with E-state index in [4.69, 9.17) is 30.0 Å². The summed E-state index contributed by atoms with van der Waals surface area (Å²) in [6.45, 7) is 0. The molecule has 12 rings (SSSR count). The number of para-hydroxylation sites is 2. The lowest BCUT2D eigenvalue weighted by Crippen LogP contribution is -2.07. The van der Waals surface area contributed by atoms with E-state index in [2.05, 4.69) is 0 Å². The summed E-state index contributed by atoms with van der Waals surface area (Å²) >= 11 is 0. The first-order chi connectivity index (χ1) is 41.3. The molecule has 3 aromatic heterocycles. The highest BCUT2D eigenvalue weighted by atomic mass is 15.2. The minimum atomic E-state index is -1.07. The van der Waals surface area contributed by atoms with E-state index in [1.165, 1.54) is 0 Å². The van der Waals surface area contributed by atoms with Gasteiger partial charge in [-0.2, -0.15) is 15.2 Å². The van der Waals surface area contributed by atoms with E-state index in [1.54, 1.807) is 78.9 Å². The maximum absolute atomic E-state index is 11.0. The van der Waals surface area contributed by atoms with Crippen LogP contribution in [0.4, 0.5) is 0 Å². The summed E-state index contributed by atoms with van der Waals surface area (Å²) in [5.74, 6) is -0.492. The molecule has 0 aliphatic heterocycles. The molecule has 0 atom stereocenters. The summed E-state index contributed by atoms with van der Waals surface area (Å²) in [7, 11) is 0. The standard InChI is InChI=1S/C58H36N6/c59-37-45-21-14-26-52-53(45)49-36-35-48-47-23-11-13-25-51(47)63(50-24-12-10-22-46(50)42-31-27-40(28-32-42)38-15-4-1-5-16-38)54(48)55(49)64(52)58-61-56(43-19-8-3-9-20-43)60-57(62-58)44-33-29-41(30-34-44)39-17-6-2-7-18-39/h1-36H/i1D,2D,4D,5D,10D,11D,12D,13D,14D,15D,16D,21D,22D,23D,24D,25D,26D,27D,28D,31D,32D,35D,36D. The second kappa shape index (κ2) is 15.2. The van der Waals surface area contributed by atoms with Crippen molar-refractivity contribution in [3.8, 4) is 73.9 Å². The van der Waals surface area contributed by atoms with Gasteiger partial charge >= 0.3 is 0 Å². The van der Waals surface area contributed by atoms with Gasteiger partial charge in [0.05, 0.1) is 70.9 Å². The second-order valence-corrected chi connectivity index (χ2v) is 14.2. The van der Waals surface area contributed by atoms with Gasteiger partial charge in [-0.25, -0.2) is 4.98 Å². The maximum atomic E-state index is 11.0. The van der Waals surface area contributed by atoms with Crippen LogP contribution in [0.15, 0.2) is 218 Å². The van der Waals surface area contributed by atoms with E-state index in [0.29, 0.717) is 17.2 Å². The molecule has 12 aromatic rings. The van der Waals surface area contributed by atoms with E-state index in [1.807, 2.05) is 6.07 Å². The average molecular weight is 840 g/mol. The molecule has 0 N–H and O–H groups in total. The van der Waals surface area contributed by atoms with Gasteiger partial charge in [0.15, 0.2) is 11.6 Å². The Hall–Kier alpha value is -8.92. The van der Waals surface area contributed by atoms with E-state index in [0.717, 1.165) is 20.3 Å². The molecule has 0 aliphatic carbocycles. The molecular formula is C58H36N6. The predicted octanol–water partition coefficient (Wildman–Crippen LogP) is 14.3. The van der Waals surface area contributed by atoms with E-state index in [9.17, 15) is 21.7 Å². The highest BCUT2D eigenvalue weighted by Gasteiger charge is 2.25. The van der Waals surface area contributed by atoms with E-state index < -0.39 is 211 Å². The van der Waals surface area contributed by atoms with Gasteiger partial charge in [0.25, 0.3) is 0 Å². The first-order valence-electron chi connectivity index (χ1n) is 31.0. The molecule has 3 heterocycles. The molecule has 6 heteroatoms. The molecule has 0 unspecified atom stereocenters. The Labute approximate surface area is 401 Å². The van der Waals surface area contributed by atoms with Crippen LogP contribution in [0.5, 0.6) is 0 Å². The van der Waals surface area contributed by atoms with E-state index in [-0.39, 0.29) is 17.0 Å². The van der Waals surface area contributed by atoms with Crippen molar-refractivity contribution >= 4 is 43.6 Å². The van der Waals surface area contributed by atoms with Gasteiger partial charge in [-0.05, 0) is 52.0 Å². The molecule has 0 radical (unpaired) electrons. The van der Waals surface area contributed by atoms with Crippen LogP contribution in [0.2, 0.25) is 0 Å². The highest BCUT2D eigenvalue weighted by Crippen LogP contribution is 2.44. The molecule has 6 nitrogen and oxygen atoms in total. The summed E-state index contributed by atoms with van der Waals surface area (Å²) in [6.07, 6.45) is 0. The Kier molecular flexibility index (Phi) is 4.83. The van der Waals surface area contributed by atoms with E-state index >= 15 is 0 Å². The number of hydrogen-bond donors (Lipinski definition) is 0. The van der Waals surface area contributed by atoms with Gasteiger partial charge in [0.2, 0.25) is 5.95 Å². The van der Waals surface area contributed by atoms with Crippen molar-refractivity contribution in [2.24, 2.45) is 0 Å². The molecule has 0 spiro atoms. The number of aromatic nitrogens is 5. The van der Waals surface area contributed by atoms with Gasteiger partial charge < -0.3 is 4.57 Å². The zero-order chi connectivity index (χ0) is 62.6. The van der Waals surface area contributed by atoms with Crippen molar-refractivity contribution in [3.63, 3.8) is 0 Å². The molecule has 0 amide bonds. The highest BCUT2D eigenvalue weighted by molar-refractivity contribution is 6.24. The first-order valence-corrected chi connectivity index (χ1v) is 19.5. The molecule has 9 aromatic carbocycles. The summed E-state index contributed by atoms with van der Waals surface area (Å²) < 4.78 is 213. The van der Waals surface area contributed by atoms with Crippen molar-refractivity contribution in [3.05, 3.63) is 223 Å². The summed E-state index contributed by atoms with van der Waals surface area (Å²) in [4.78, 5) is 14.7. The minimum absolute atomic E-state index is 0.0228. The van der Waals surface area contributed by atoms with Gasteiger partial charge in [0.1, 0.15) is 0 Å². The number of nitriles is 1. The summed E-state index contributed by atoms with van der Waals surface area (Å²) in [5.41, 5.74) is -4.45. The SMILES string of the molecule is [2H]c1ccc(-c2ccc(-c3nc(-c4ccccc4)nc(-n4c5c([2H])c([2H])c([2H])c(C#N)c5c5c([2H])c([2H])c6c7c([2H])c([2H])c([2H])c([2H])c7n(-c7c([2H])c([2H])c([2H])c([2H])c7-c7c([2H])c([2H])c(-c8c([2H])c([2H])c([2H])c([2H])c8[2H])c([2H])c7[2H])c6c54)n3)cc2)cc1. The van der Waals surface area contributed by atoms with Crippen LogP contribution < -0.4 is 0 Å². The van der Waals surface area contributed by atoms with Crippen LogP contribution in [0.25, 0.3) is 111 Å². The average Bonchev–Trinajstić information content (AvgIpc) is 1.55. The van der Waals surface area contributed by atoms with Crippen LogP contribution >= 0.6 is 0 Å². The van der Waals surface area contributed by atoms with Crippen molar-refractivity contribution in [2.45, 2.75) is 0 Å². The summed E-state index contributed by atoms with van der Waals surface area (Å²) in [6, 6.07) is 4.17. The Morgan fingerprint density at radius 1 is 0.406 bits per heavy atom. The maximum Gasteiger partial charge on any atom is 0.238 e. The lowest BCUT2D eigenvalue weighted by Gasteiger charge is -2.16. The Morgan fingerprint density at radius 3 is 1.78 bits per heavy atom. The monoisotopic (exact) mass is 839 g/mol. The van der Waals surface area contributed by atoms with Gasteiger partial charge in [-0.1, -0.05) is 194 Å². The van der Waals surface area contributed by atoms with Crippen molar-refractivity contribution in [1.82, 2.24) is 24.1 Å². The molecule has 0 fully saturated rings. The van der Waals surface area contributed by atoms with Gasteiger partial charge in [-0.3, -0.25) is 4.57 Å². The third kappa shape index (κ3) is 6.06. The van der Waals surface area contributed by atoms with Crippen LogP contribution in [0.1, 0.15) is 37.1 Å². The zero-order valence-corrected chi connectivity index (χ0v) is 32.7. The number of rotatable bonds is 7. The largest absolute Gasteiger partial charge is 0.307 e. The van der Waals surface area contributed by atoms with Crippen LogP contribution in [-0.2, 0) is 0 Å². The molecule has 0 aliphatic rings. The Balaban J connectivity index is 1.33. The van der Waals surface area contributed by atoms with Gasteiger partial charge in [-0.15, -0.1) is 0 Å². The lowest BCUT2D eigenvalue weighted by molar-refractivity contribution is 0.953. The topological polar surface area (TPSA) is 72.3 Å². The minimum Gasteiger partial charge on any atom is -0.307 e. The second-order valence-electron chi connectivity index (χ2n) is 14.2. The number of nitrogens with zero attached hydrogens (tertiary/aromatic N) is 6. The molecule has 298 valence electrons. The zero-order valence-electron chi connectivity index (χ0n) is 55.7. The van der Waals surface area contributed by atoms with Crippen LogP contribution in [0, 0.1) is 11.3 Å². The first kappa shape index (κ1) is 20.3. The summed E-state index contributed by atoms with van der Waals surface area (Å²) in [5, 5.41) is 9.12. The third-order valence-corrected chi connectivity index (χ3v) is 10.6. The lowest BCUT2D eigenvalue weighted by atomic mass is 9.99. The predicted molar refractivity (Wildman–Crippen MR) is 260 cm³/mol. The number of fused-ring (bicyclic) bond motifs is 7. The van der Waals surface area contributed by atoms with Gasteiger partial charge in [0, 0.05) is 38.2 Å². The molecule has 0 saturated heterocycles. The fraction of sp³-hybridized carbons (Fsp3) is 0. The number of benzene rings is 9. The molecular weight excluding hydrogens is 781 g/mol. The third-order valence-electron chi connectivity index (χ3n) is 10.6. The fourth-order valence-corrected chi connectivity index (χ4v) is 7.76. The fourth-order valence-electron chi connectivity index (χ4n) is 7.76. The molecule has 0 saturated carbocycles.